The number of halogens is 1. The van der Waals surface area contributed by atoms with E-state index in [0.717, 1.165) is 17.7 Å². The highest BCUT2D eigenvalue weighted by Crippen LogP contribution is 2.20. The molecule has 2 aromatic rings. The van der Waals surface area contributed by atoms with Crippen LogP contribution in [0.15, 0.2) is 54.6 Å². The third-order valence-corrected chi connectivity index (χ3v) is 4.93. The zero-order chi connectivity index (χ0) is 22.1. The van der Waals surface area contributed by atoms with Gasteiger partial charge in [-0.1, -0.05) is 73.5 Å². The van der Waals surface area contributed by atoms with Crippen LogP contribution in [-0.4, -0.2) is 40.9 Å². The number of amides is 2. The Morgan fingerprint density at radius 2 is 1.63 bits per heavy atom. The van der Waals surface area contributed by atoms with E-state index in [4.69, 9.17) is 11.6 Å². The first-order valence-electron chi connectivity index (χ1n) is 9.78. The van der Waals surface area contributed by atoms with Gasteiger partial charge in [0, 0.05) is 23.7 Å². The van der Waals surface area contributed by atoms with Gasteiger partial charge in [-0.15, -0.1) is 0 Å². The quantitative estimate of drug-likeness (QED) is 0.272. The molecule has 0 saturated heterocycles. The van der Waals surface area contributed by atoms with Crippen molar-refractivity contribution in [2.45, 2.75) is 39.3 Å². The number of carbonyl (C=O) groups excluding carboxylic acids is 4. The highest BCUT2D eigenvalue weighted by atomic mass is 35.5. The third-order valence-electron chi connectivity index (χ3n) is 4.56. The molecule has 0 spiro atoms. The molecule has 7 heteroatoms. The Bertz CT molecular complexity index is 914. The summed E-state index contributed by atoms with van der Waals surface area (Å²) < 4.78 is 0. The summed E-state index contributed by atoms with van der Waals surface area (Å²) in [5.74, 6) is -2.88. The molecular weight excluding hydrogens is 404 g/mol. The molecule has 30 heavy (non-hydrogen) atoms. The van der Waals surface area contributed by atoms with Crippen molar-refractivity contribution in [1.29, 1.82) is 0 Å². The second-order valence-electron chi connectivity index (χ2n) is 6.88. The lowest BCUT2D eigenvalue weighted by molar-refractivity contribution is -0.143. The smallest absolute Gasteiger partial charge is 0.296 e. The highest BCUT2D eigenvalue weighted by Gasteiger charge is 2.36. The second-order valence-corrected chi connectivity index (χ2v) is 7.28. The standard InChI is InChI=1S/C23H25ClN2O4/c1-3-4-14-25-22(29)20(16(2)27)26(15-18-12-8-9-13-19(18)24)23(30)21(28)17-10-6-5-7-11-17/h5-13,20H,3-4,14-15H2,1-2H3,(H,25,29). The van der Waals surface area contributed by atoms with E-state index in [0.29, 0.717) is 17.1 Å². The van der Waals surface area contributed by atoms with Gasteiger partial charge in [0.25, 0.3) is 11.8 Å². The molecule has 1 N–H and O–H groups in total. The Balaban J connectivity index is 2.41. The first-order chi connectivity index (χ1) is 14.4. The minimum Gasteiger partial charge on any atom is -0.354 e. The Morgan fingerprint density at radius 3 is 2.23 bits per heavy atom. The predicted molar refractivity (Wildman–Crippen MR) is 115 cm³/mol. The zero-order valence-electron chi connectivity index (χ0n) is 17.1. The average Bonchev–Trinajstić information content (AvgIpc) is 2.74. The molecule has 0 aromatic heterocycles. The van der Waals surface area contributed by atoms with E-state index in [1.54, 1.807) is 42.5 Å². The molecule has 0 aliphatic rings. The van der Waals surface area contributed by atoms with Crippen molar-refractivity contribution in [2.75, 3.05) is 6.54 Å². The van der Waals surface area contributed by atoms with Gasteiger partial charge in [0.2, 0.25) is 5.78 Å². The minimum atomic E-state index is -1.43. The monoisotopic (exact) mass is 428 g/mol. The maximum atomic E-state index is 13.1. The molecular formula is C23H25ClN2O4. The zero-order valence-corrected chi connectivity index (χ0v) is 17.8. The van der Waals surface area contributed by atoms with E-state index in [-0.39, 0.29) is 12.1 Å². The molecule has 0 heterocycles. The summed E-state index contributed by atoms with van der Waals surface area (Å²) in [5, 5.41) is 3.05. The molecule has 0 aliphatic heterocycles. The molecule has 0 fully saturated rings. The van der Waals surface area contributed by atoms with Crippen molar-refractivity contribution in [2.24, 2.45) is 0 Å². The van der Waals surface area contributed by atoms with Crippen LogP contribution >= 0.6 is 11.6 Å². The molecule has 158 valence electrons. The topological polar surface area (TPSA) is 83.6 Å². The maximum Gasteiger partial charge on any atom is 0.296 e. The van der Waals surface area contributed by atoms with Crippen LogP contribution in [0.25, 0.3) is 0 Å². The van der Waals surface area contributed by atoms with Crippen LogP contribution in [0.3, 0.4) is 0 Å². The molecule has 2 amide bonds. The van der Waals surface area contributed by atoms with E-state index in [9.17, 15) is 19.2 Å². The first kappa shape index (κ1) is 23.3. The van der Waals surface area contributed by atoms with Gasteiger partial charge in [0.15, 0.2) is 11.8 Å². The van der Waals surface area contributed by atoms with Gasteiger partial charge < -0.3 is 10.2 Å². The van der Waals surface area contributed by atoms with Crippen molar-refractivity contribution in [3.63, 3.8) is 0 Å². The Labute approximate surface area is 181 Å². The maximum absolute atomic E-state index is 13.1. The van der Waals surface area contributed by atoms with E-state index in [2.05, 4.69) is 5.32 Å². The van der Waals surface area contributed by atoms with Crippen molar-refractivity contribution < 1.29 is 19.2 Å². The summed E-state index contributed by atoms with van der Waals surface area (Å²) in [6, 6.07) is 13.4. The number of hydrogen-bond donors (Lipinski definition) is 1. The summed E-state index contributed by atoms with van der Waals surface area (Å²) in [6.45, 7) is 3.42. The summed E-state index contributed by atoms with van der Waals surface area (Å²) in [4.78, 5) is 52.1. The molecule has 1 unspecified atom stereocenters. The van der Waals surface area contributed by atoms with E-state index in [1.807, 2.05) is 6.92 Å². The minimum absolute atomic E-state index is 0.150. The summed E-state index contributed by atoms with van der Waals surface area (Å²) in [6.07, 6.45) is 1.59. The first-order valence-corrected chi connectivity index (χ1v) is 10.2. The van der Waals surface area contributed by atoms with E-state index >= 15 is 0 Å². The number of Topliss-reactive ketones (excluding diaryl/α,β-unsaturated/α-hetero) is 2. The molecule has 2 rings (SSSR count). The predicted octanol–water partition coefficient (Wildman–Crippen LogP) is 3.43. The average molecular weight is 429 g/mol. The van der Waals surface area contributed by atoms with Crippen LogP contribution in [0.2, 0.25) is 5.02 Å². The molecule has 6 nitrogen and oxygen atoms in total. The molecule has 0 bridgehead atoms. The molecule has 0 radical (unpaired) electrons. The fourth-order valence-corrected chi connectivity index (χ4v) is 3.16. The Kier molecular flexibility index (Phi) is 8.74. The summed E-state index contributed by atoms with van der Waals surface area (Å²) in [7, 11) is 0. The number of unbranched alkanes of at least 4 members (excludes halogenated alkanes) is 1. The molecule has 1 atom stereocenters. The fraction of sp³-hybridized carbons (Fsp3) is 0.304. The van der Waals surface area contributed by atoms with Gasteiger partial charge in [-0.25, -0.2) is 0 Å². The number of nitrogens with zero attached hydrogens (tertiary/aromatic N) is 1. The van der Waals surface area contributed by atoms with Gasteiger partial charge in [-0.05, 0) is 25.0 Å². The second kappa shape index (κ2) is 11.3. The highest BCUT2D eigenvalue weighted by molar-refractivity contribution is 6.43. The Hall–Kier alpha value is -2.99. The summed E-state index contributed by atoms with van der Waals surface area (Å²) >= 11 is 6.23. The van der Waals surface area contributed by atoms with Gasteiger partial charge in [-0.3, -0.25) is 19.2 Å². The number of rotatable bonds is 10. The fourth-order valence-electron chi connectivity index (χ4n) is 2.96. The van der Waals surface area contributed by atoms with Crippen molar-refractivity contribution in [1.82, 2.24) is 10.2 Å². The van der Waals surface area contributed by atoms with Gasteiger partial charge in [0.1, 0.15) is 0 Å². The van der Waals surface area contributed by atoms with Crippen LogP contribution < -0.4 is 5.32 Å². The summed E-state index contributed by atoms with van der Waals surface area (Å²) in [5.41, 5.74) is 0.710. The third kappa shape index (κ3) is 6.00. The number of benzene rings is 2. The van der Waals surface area contributed by atoms with Crippen LogP contribution in [0.4, 0.5) is 0 Å². The SMILES string of the molecule is CCCCNC(=O)C(C(C)=O)N(Cc1ccccc1Cl)C(=O)C(=O)c1ccccc1. The number of ketones is 2. The normalized spacial score (nSPS) is 11.4. The molecule has 0 aliphatic carbocycles. The number of carbonyl (C=O) groups is 4. The lowest BCUT2D eigenvalue weighted by Gasteiger charge is -2.29. The van der Waals surface area contributed by atoms with Crippen molar-refractivity contribution in [3.05, 3.63) is 70.7 Å². The number of hydrogen-bond acceptors (Lipinski definition) is 4. The Morgan fingerprint density at radius 1 is 1.00 bits per heavy atom. The van der Waals surface area contributed by atoms with Crippen LogP contribution in [0, 0.1) is 0 Å². The van der Waals surface area contributed by atoms with Crippen molar-refractivity contribution >= 4 is 35.0 Å². The van der Waals surface area contributed by atoms with Crippen LogP contribution in [0.1, 0.15) is 42.6 Å². The van der Waals surface area contributed by atoms with Gasteiger partial charge in [0.05, 0.1) is 0 Å². The van der Waals surface area contributed by atoms with E-state index in [1.165, 1.54) is 19.1 Å². The molecule has 0 saturated carbocycles. The van der Waals surface area contributed by atoms with E-state index < -0.39 is 29.4 Å². The largest absolute Gasteiger partial charge is 0.354 e. The number of nitrogens with one attached hydrogen (secondary N) is 1. The van der Waals surface area contributed by atoms with Crippen LogP contribution in [-0.2, 0) is 20.9 Å². The van der Waals surface area contributed by atoms with Gasteiger partial charge in [-0.2, -0.15) is 0 Å². The lowest BCUT2D eigenvalue weighted by Crippen LogP contribution is -2.54. The molecule has 2 aromatic carbocycles. The lowest BCUT2D eigenvalue weighted by atomic mass is 10.0. The van der Waals surface area contributed by atoms with Gasteiger partial charge >= 0.3 is 0 Å². The van der Waals surface area contributed by atoms with Crippen LogP contribution in [0.5, 0.6) is 0 Å². The van der Waals surface area contributed by atoms with Crippen molar-refractivity contribution in [3.8, 4) is 0 Å².